The number of pyridine rings is 1. The summed E-state index contributed by atoms with van der Waals surface area (Å²) in [6, 6.07) is 12.4. The van der Waals surface area contributed by atoms with Crippen molar-refractivity contribution in [3.8, 4) is 0 Å². The van der Waals surface area contributed by atoms with E-state index in [0.29, 0.717) is 18.5 Å². The summed E-state index contributed by atoms with van der Waals surface area (Å²) < 4.78 is 0. The molecular weight excluding hydrogens is 350 g/mol. The van der Waals surface area contributed by atoms with Gasteiger partial charge in [0.15, 0.2) is 0 Å². The van der Waals surface area contributed by atoms with Crippen molar-refractivity contribution < 1.29 is 14.7 Å². The number of aliphatic hydroxyl groups excluding tert-OH is 1. The number of carbonyl (C=O) groups excluding carboxylic acids is 2. The Hall–Kier alpha value is -2.38. The van der Waals surface area contributed by atoms with Crippen LogP contribution in [0.1, 0.15) is 16.8 Å². The minimum absolute atomic E-state index is 0.0948. The monoisotopic (exact) mass is 371 g/mol. The summed E-state index contributed by atoms with van der Waals surface area (Å²) in [5, 5.41) is 13.2. The number of rotatable bonds is 5. The zero-order chi connectivity index (χ0) is 18.4. The van der Waals surface area contributed by atoms with Crippen LogP contribution in [0.2, 0.25) is 0 Å². The zero-order valence-corrected chi connectivity index (χ0v) is 15.1. The third-order valence-corrected chi connectivity index (χ3v) is 5.27. The molecule has 1 aliphatic rings. The van der Waals surface area contributed by atoms with Gasteiger partial charge in [0.25, 0.3) is 5.91 Å². The molecule has 6 nitrogen and oxygen atoms in total. The van der Waals surface area contributed by atoms with Crippen LogP contribution in [0.3, 0.4) is 0 Å². The molecule has 0 aliphatic carbocycles. The van der Waals surface area contributed by atoms with E-state index in [-0.39, 0.29) is 30.2 Å². The summed E-state index contributed by atoms with van der Waals surface area (Å²) in [5.74, 6) is 0.0567. The molecule has 1 aromatic carbocycles. The summed E-state index contributed by atoms with van der Waals surface area (Å²) in [6.45, 7) is 0.726. The minimum Gasteiger partial charge on any atom is -0.389 e. The van der Waals surface area contributed by atoms with Crippen LogP contribution in [-0.2, 0) is 4.79 Å². The molecule has 0 unspecified atom stereocenters. The molecule has 26 heavy (non-hydrogen) atoms. The number of hydrogen-bond acceptors (Lipinski definition) is 5. The second kappa shape index (κ2) is 8.82. The number of aliphatic hydroxyl groups is 1. The maximum absolute atomic E-state index is 12.5. The molecule has 136 valence electrons. The highest BCUT2D eigenvalue weighted by atomic mass is 32.2. The molecule has 1 fully saturated rings. The van der Waals surface area contributed by atoms with Crippen molar-refractivity contribution >= 4 is 23.6 Å². The number of benzene rings is 1. The highest BCUT2D eigenvalue weighted by Crippen LogP contribution is 2.17. The largest absolute Gasteiger partial charge is 0.389 e. The molecule has 1 saturated heterocycles. The summed E-state index contributed by atoms with van der Waals surface area (Å²) in [5.41, 5.74) is 0.607. The van der Waals surface area contributed by atoms with Gasteiger partial charge in [-0.25, -0.2) is 0 Å². The van der Waals surface area contributed by atoms with E-state index in [2.05, 4.69) is 10.3 Å². The van der Waals surface area contributed by atoms with Crippen LogP contribution in [0, 0.1) is 0 Å². The first-order valence-electron chi connectivity index (χ1n) is 8.48. The van der Waals surface area contributed by atoms with E-state index in [0.717, 1.165) is 4.90 Å². The van der Waals surface area contributed by atoms with E-state index in [1.807, 2.05) is 30.3 Å². The Balaban J connectivity index is 1.48. The number of aromatic nitrogens is 1. The summed E-state index contributed by atoms with van der Waals surface area (Å²) >= 11 is 1.42. The zero-order valence-electron chi connectivity index (χ0n) is 14.2. The smallest absolute Gasteiger partial charge is 0.253 e. The molecule has 2 atom stereocenters. The van der Waals surface area contributed by atoms with Gasteiger partial charge in [-0.05, 0) is 30.7 Å². The van der Waals surface area contributed by atoms with E-state index in [1.165, 1.54) is 11.8 Å². The molecular formula is C19H21N3O3S. The highest BCUT2D eigenvalue weighted by molar-refractivity contribution is 8.00. The molecule has 0 spiro atoms. The van der Waals surface area contributed by atoms with Crippen LogP contribution in [0.4, 0.5) is 0 Å². The Morgan fingerprint density at radius 2 is 1.92 bits per heavy atom. The van der Waals surface area contributed by atoms with Crippen molar-refractivity contribution in [1.82, 2.24) is 15.2 Å². The molecule has 0 radical (unpaired) electrons. The highest BCUT2D eigenvalue weighted by Gasteiger charge is 2.31. The van der Waals surface area contributed by atoms with Crippen LogP contribution < -0.4 is 5.32 Å². The normalized spacial score (nSPS) is 19.8. The Morgan fingerprint density at radius 3 is 2.62 bits per heavy atom. The van der Waals surface area contributed by atoms with Gasteiger partial charge in [0.2, 0.25) is 5.91 Å². The minimum atomic E-state index is -0.772. The molecule has 2 N–H and O–H groups in total. The first-order chi connectivity index (χ1) is 12.6. The number of amides is 2. The second-order valence-electron chi connectivity index (χ2n) is 6.12. The number of likely N-dealkylation sites (tertiary alicyclic amines) is 1. The number of nitrogens with one attached hydrogen (secondary N) is 1. The summed E-state index contributed by atoms with van der Waals surface area (Å²) in [7, 11) is 0. The third-order valence-electron chi connectivity index (χ3n) is 4.26. The first kappa shape index (κ1) is 18.4. The molecule has 7 heteroatoms. The Morgan fingerprint density at radius 1 is 1.19 bits per heavy atom. The number of hydrogen-bond donors (Lipinski definition) is 2. The molecule has 2 heterocycles. The van der Waals surface area contributed by atoms with Crippen molar-refractivity contribution in [2.75, 3.05) is 18.8 Å². The van der Waals surface area contributed by atoms with Crippen molar-refractivity contribution in [2.24, 2.45) is 0 Å². The number of thioether (sulfide) groups is 1. The summed E-state index contributed by atoms with van der Waals surface area (Å²) in [6.07, 6.45) is 3.13. The molecule has 2 amide bonds. The maximum Gasteiger partial charge on any atom is 0.253 e. The average molecular weight is 371 g/mol. The van der Waals surface area contributed by atoms with Gasteiger partial charge in [0.05, 0.1) is 17.9 Å². The predicted molar refractivity (Wildman–Crippen MR) is 99.9 cm³/mol. The Labute approximate surface area is 156 Å². The van der Waals surface area contributed by atoms with Gasteiger partial charge in [-0.15, -0.1) is 11.8 Å². The van der Waals surface area contributed by atoms with Crippen molar-refractivity contribution in [1.29, 1.82) is 0 Å². The lowest BCUT2D eigenvalue weighted by atomic mass is 10.0. The quantitative estimate of drug-likeness (QED) is 0.780. The van der Waals surface area contributed by atoms with Crippen LogP contribution in [-0.4, -0.2) is 57.8 Å². The average Bonchev–Trinajstić information content (AvgIpc) is 2.69. The van der Waals surface area contributed by atoms with Crippen LogP contribution in [0.15, 0.2) is 59.8 Å². The van der Waals surface area contributed by atoms with Crippen molar-refractivity contribution in [3.05, 3.63) is 60.4 Å². The number of β-amino-alcohol motifs (C(OH)–C–C–N with tert-alkyl or cyclic N) is 1. The van der Waals surface area contributed by atoms with Crippen LogP contribution in [0.25, 0.3) is 0 Å². The van der Waals surface area contributed by atoms with Gasteiger partial charge < -0.3 is 15.3 Å². The van der Waals surface area contributed by atoms with E-state index in [4.69, 9.17) is 0 Å². The van der Waals surface area contributed by atoms with Crippen LogP contribution >= 0.6 is 11.8 Å². The van der Waals surface area contributed by atoms with Gasteiger partial charge in [-0.1, -0.05) is 18.2 Å². The second-order valence-corrected chi connectivity index (χ2v) is 7.17. The SMILES string of the molecule is O=C(CSc1ccncc1)N[C@@H]1CCN(C(=O)c2ccccc2)C[C@H]1O. The fourth-order valence-corrected chi connectivity index (χ4v) is 3.57. The molecule has 1 aromatic heterocycles. The van der Waals surface area contributed by atoms with Crippen molar-refractivity contribution in [2.45, 2.75) is 23.5 Å². The molecule has 1 aliphatic heterocycles. The van der Waals surface area contributed by atoms with Crippen LogP contribution in [0.5, 0.6) is 0 Å². The lowest BCUT2D eigenvalue weighted by Gasteiger charge is -2.36. The number of nitrogens with zero attached hydrogens (tertiary/aromatic N) is 2. The van der Waals surface area contributed by atoms with E-state index < -0.39 is 6.10 Å². The standard InChI is InChI=1S/C19H21N3O3S/c23-17-12-22(19(25)14-4-2-1-3-5-14)11-8-16(17)21-18(24)13-26-15-6-9-20-10-7-15/h1-7,9-10,16-17,23H,8,11-13H2,(H,21,24)/t16-,17-/m1/s1. The predicted octanol–water partition coefficient (Wildman–Crippen LogP) is 1.57. The van der Waals surface area contributed by atoms with Gasteiger partial charge in [0, 0.05) is 35.9 Å². The van der Waals surface area contributed by atoms with Gasteiger partial charge in [0.1, 0.15) is 0 Å². The molecule has 0 saturated carbocycles. The fourth-order valence-electron chi connectivity index (χ4n) is 2.88. The van der Waals surface area contributed by atoms with E-state index in [1.54, 1.807) is 29.4 Å². The Bertz CT molecular complexity index is 742. The van der Waals surface area contributed by atoms with Crippen molar-refractivity contribution in [3.63, 3.8) is 0 Å². The Kier molecular flexibility index (Phi) is 6.25. The van der Waals surface area contributed by atoms with Gasteiger partial charge in [-0.3, -0.25) is 14.6 Å². The number of carbonyl (C=O) groups is 2. The van der Waals surface area contributed by atoms with Gasteiger partial charge >= 0.3 is 0 Å². The summed E-state index contributed by atoms with van der Waals surface area (Å²) in [4.78, 5) is 31.1. The first-order valence-corrected chi connectivity index (χ1v) is 9.46. The fraction of sp³-hybridized carbons (Fsp3) is 0.316. The number of piperidine rings is 1. The third kappa shape index (κ3) is 4.83. The lowest BCUT2D eigenvalue weighted by molar-refractivity contribution is -0.120. The molecule has 2 aromatic rings. The van der Waals surface area contributed by atoms with E-state index >= 15 is 0 Å². The lowest BCUT2D eigenvalue weighted by Crippen LogP contribution is -2.55. The van der Waals surface area contributed by atoms with E-state index in [9.17, 15) is 14.7 Å². The topological polar surface area (TPSA) is 82.5 Å². The van der Waals surface area contributed by atoms with Gasteiger partial charge in [-0.2, -0.15) is 0 Å². The maximum atomic E-state index is 12.5. The molecule has 0 bridgehead atoms. The molecule has 3 rings (SSSR count).